The third-order valence-electron chi connectivity index (χ3n) is 2.33. The van der Waals surface area contributed by atoms with Gasteiger partial charge in [-0.3, -0.25) is 9.59 Å². The summed E-state index contributed by atoms with van der Waals surface area (Å²) in [5.41, 5.74) is 6.09. The fourth-order valence-electron chi connectivity index (χ4n) is 1.29. The molecule has 0 bridgehead atoms. The van der Waals surface area contributed by atoms with E-state index in [2.05, 4.69) is 5.32 Å². The SMILES string of the molecule is CNC(=O)CN(C)C(=O)c1cc(Cl)c(N)c(Cl)c1. The molecule has 0 unspecified atom stereocenters. The van der Waals surface area contributed by atoms with E-state index in [0.29, 0.717) is 0 Å². The smallest absolute Gasteiger partial charge is 0.254 e. The highest BCUT2D eigenvalue weighted by atomic mass is 35.5. The molecule has 1 rings (SSSR count). The Morgan fingerprint density at radius 1 is 1.33 bits per heavy atom. The summed E-state index contributed by atoms with van der Waals surface area (Å²) in [6, 6.07) is 2.84. The number of nitrogens with zero attached hydrogens (tertiary/aromatic N) is 1. The molecule has 1 aromatic rings. The maximum absolute atomic E-state index is 12.0. The quantitative estimate of drug-likeness (QED) is 0.826. The number of hydrogen-bond acceptors (Lipinski definition) is 3. The maximum atomic E-state index is 12.0. The lowest BCUT2D eigenvalue weighted by Gasteiger charge is -2.16. The largest absolute Gasteiger partial charge is 0.396 e. The lowest BCUT2D eigenvalue weighted by molar-refractivity contribution is -0.121. The predicted octanol–water partition coefficient (Wildman–Crippen LogP) is 1.39. The molecule has 2 amide bonds. The van der Waals surface area contributed by atoms with E-state index in [-0.39, 0.29) is 39.7 Å². The molecule has 3 N–H and O–H groups in total. The van der Waals surface area contributed by atoms with Gasteiger partial charge in [0.25, 0.3) is 5.91 Å². The van der Waals surface area contributed by atoms with Crippen molar-refractivity contribution in [3.05, 3.63) is 27.7 Å². The second kappa shape index (κ2) is 5.93. The van der Waals surface area contributed by atoms with Gasteiger partial charge in [0.05, 0.1) is 22.3 Å². The monoisotopic (exact) mass is 289 g/mol. The van der Waals surface area contributed by atoms with E-state index in [1.165, 1.54) is 31.1 Å². The molecule has 7 heteroatoms. The molecule has 5 nitrogen and oxygen atoms in total. The molecule has 0 aliphatic carbocycles. The molecule has 0 spiro atoms. The minimum atomic E-state index is -0.359. The van der Waals surface area contributed by atoms with E-state index >= 15 is 0 Å². The van der Waals surface area contributed by atoms with Crippen LogP contribution in [0.5, 0.6) is 0 Å². The van der Waals surface area contributed by atoms with Gasteiger partial charge >= 0.3 is 0 Å². The summed E-state index contributed by atoms with van der Waals surface area (Å²) in [4.78, 5) is 24.4. The summed E-state index contributed by atoms with van der Waals surface area (Å²) < 4.78 is 0. The average molecular weight is 290 g/mol. The first-order valence-corrected chi connectivity index (χ1v) is 5.83. The molecule has 0 saturated carbocycles. The van der Waals surface area contributed by atoms with Crippen molar-refractivity contribution in [3.63, 3.8) is 0 Å². The fraction of sp³-hybridized carbons (Fsp3) is 0.273. The molecule has 0 heterocycles. The number of amides is 2. The number of rotatable bonds is 3. The van der Waals surface area contributed by atoms with Crippen LogP contribution in [0.2, 0.25) is 10.0 Å². The number of nitrogens with one attached hydrogen (secondary N) is 1. The maximum Gasteiger partial charge on any atom is 0.254 e. The van der Waals surface area contributed by atoms with Gasteiger partial charge < -0.3 is 16.0 Å². The number of anilines is 1. The lowest BCUT2D eigenvalue weighted by Crippen LogP contribution is -2.36. The van der Waals surface area contributed by atoms with Gasteiger partial charge in [-0.15, -0.1) is 0 Å². The number of hydrogen-bond donors (Lipinski definition) is 2. The first-order chi connectivity index (χ1) is 8.36. The molecule has 0 radical (unpaired) electrons. The van der Waals surface area contributed by atoms with Gasteiger partial charge in [0.15, 0.2) is 0 Å². The Morgan fingerprint density at radius 2 is 1.83 bits per heavy atom. The number of halogens is 2. The highest BCUT2D eigenvalue weighted by Gasteiger charge is 2.16. The van der Waals surface area contributed by atoms with E-state index in [1.807, 2.05) is 0 Å². The number of carbonyl (C=O) groups is 2. The standard InChI is InChI=1S/C11H13Cl2N3O2/c1-15-9(17)5-16(2)11(18)6-3-7(12)10(14)8(13)4-6/h3-4H,5,14H2,1-2H3,(H,15,17). The van der Waals surface area contributed by atoms with Crippen molar-refractivity contribution < 1.29 is 9.59 Å². The molecule has 0 fully saturated rings. The van der Waals surface area contributed by atoms with Gasteiger partial charge in [0.2, 0.25) is 5.91 Å². The van der Waals surface area contributed by atoms with Crippen LogP contribution in [-0.2, 0) is 4.79 Å². The zero-order valence-electron chi connectivity index (χ0n) is 9.96. The van der Waals surface area contributed by atoms with Crippen LogP contribution in [0.1, 0.15) is 10.4 Å². The van der Waals surface area contributed by atoms with Crippen molar-refractivity contribution in [2.24, 2.45) is 0 Å². The van der Waals surface area contributed by atoms with Crippen LogP contribution in [0.25, 0.3) is 0 Å². The Labute approximate surface area is 115 Å². The molecule has 1 aromatic carbocycles. The zero-order valence-corrected chi connectivity index (χ0v) is 11.5. The number of benzene rings is 1. The van der Waals surface area contributed by atoms with Crippen LogP contribution in [0, 0.1) is 0 Å². The Hall–Kier alpha value is -1.46. The van der Waals surface area contributed by atoms with Crippen LogP contribution in [0.4, 0.5) is 5.69 Å². The summed E-state index contributed by atoms with van der Waals surface area (Å²) in [6.07, 6.45) is 0. The van der Waals surface area contributed by atoms with Crippen molar-refractivity contribution in [3.8, 4) is 0 Å². The van der Waals surface area contributed by atoms with E-state index in [4.69, 9.17) is 28.9 Å². The molecule has 18 heavy (non-hydrogen) atoms. The number of carbonyl (C=O) groups excluding carboxylic acids is 2. The number of nitrogen functional groups attached to an aromatic ring is 1. The third-order valence-corrected chi connectivity index (χ3v) is 2.96. The van der Waals surface area contributed by atoms with E-state index in [0.717, 1.165) is 0 Å². The van der Waals surface area contributed by atoms with E-state index in [1.54, 1.807) is 0 Å². The van der Waals surface area contributed by atoms with Crippen molar-refractivity contribution >= 4 is 40.7 Å². The lowest BCUT2D eigenvalue weighted by atomic mass is 10.2. The second-order valence-corrected chi connectivity index (χ2v) is 4.50. The molecule has 0 atom stereocenters. The third kappa shape index (κ3) is 3.27. The summed E-state index contributed by atoms with van der Waals surface area (Å²) in [5.74, 6) is -0.624. The molecular formula is C11H13Cl2N3O2. The number of likely N-dealkylation sites (N-methyl/N-ethyl adjacent to an activating group) is 2. The van der Waals surface area contributed by atoms with Gasteiger partial charge in [-0.25, -0.2) is 0 Å². The van der Waals surface area contributed by atoms with Gasteiger partial charge in [-0.05, 0) is 12.1 Å². The first-order valence-electron chi connectivity index (χ1n) is 5.07. The molecule has 0 aromatic heterocycles. The van der Waals surface area contributed by atoms with Gasteiger partial charge in [0, 0.05) is 19.7 Å². The van der Waals surface area contributed by atoms with Crippen LogP contribution < -0.4 is 11.1 Å². The Kier molecular flexibility index (Phi) is 4.81. The molecule has 0 aliphatic heterocycles. The fourth-order valence-corrected chi connectivity index (χ4v) is 1.78. The molecule has 0 aliphatic rings. The second-order valence-electron chi connectivity index (χ2n) is 3.69. The predicted molar refractivity (Wildman–Crippen MR) is 71.9 cm³/mol. The Balaban J connectivity index is 2.94. The zero-order chi connectivity index (χ0) is 13.9. The molecule has 0 saturated heterocycles. The highest BCUT2D eigenvalue weighted by Crippen LogP contribution is 2.29. The average Bonchev–Trinajstić information content (AvgIpc) is 2.33. The summed E-state index contributed by atoms with van der Waals surface area (Å²) >= 11 is 11.7. The van der Waals surface area contributed by atoms with Crippen molar-refractivity contribution in [2.75, 3.05) is 26.4 Å². The van der Waals surface area contributed by atoms with Gasteiger partial charge in [-0.1, -0.05) is 23.2 Å². The van der Waals surface area contributed by atoms with E-state index < -0.39 is 0 Å². The topological polar surface area (TPSA) is 75.4 Å². The Bertz CT molecular complexity index is 468. The van der Waals surface area contributed by atoms with Crippen molar-refractivity contribution in [1.29, 1.82) is 0 Å². The summed E-state index contributed by atoms with van der Waals surface area (Å²) in [5, 5.41) is 2.84. The van der Waals surface area contributed by atoms with Gasteiger partial charge in [-0.2, -0.15) is 0 Å². The van der Waals surface area contributed by atoms with Crippen LogP contribution in [0.15, 0.2) is 12.1 Å². The van der Waals surface area contributed by atoms with E-state index in [9.17, 15) is 9.59 Å². The molecular weight excluding hydrogens is 277 g/mol. The van der Waals surface area contributed by atoms with Crippen LogP contribution >= 0.6 is 23.2 Å². The van der Waals surface area contributed by atoms with Crippen molar-refractivity contribution in [1.82, 2.24) is 10.2 Å². The molecule has 98 valence electrons. The van der Waals surface area contributed by atoms with Crippen LogP contribution in [-0.4, -0.2) is 37.4 Å². The normalized spacial score (nSPS) is 10.0. The number of nitrogens with two attached hydrogens (primary N) is 1. The highest BCUT2D eigenvalue weighted by molar-refractivity contribution is 6.39. The first kappa shape index (κ1) is 14.6. The van der Waals surface area contributed by atoms with Crippen molar-refractivity contribution in [2.45, 2.75) is 0 Å². The summed E-state index contributed by atoms with van der Waals surface area (Å²) in [7, 11) is 3.01. The minimum absolute atomic E-state index is 0.0467. The minimum Gasteiger partial charge on any atom is -0.396 e. The van der Waals surface area contributed by atoms with Crippen LogP contribution in [0.3, 0.4) is 0 Å². The Morgan fingerprint density at radius 3 is 2.28 bits per heavy atom. The summed E-state index contributed by atoms with van der Waals surface area (Å²) in [6.45, 7) is -0.0467. The van der Waals surface area contributed by atoms with Gasteiger partial charge in [0.1, 0.15) is 0 Å².